The number of nitrogens with zero attached hydrogens (tertiary/aromatic N) is 2. The van der Waals surface area contributed by atoms with E-state index in [9.17, 15) is 9.59 Å². The molecule has 156 valence electrons. The maximum Gasteiger partial charge on any atom is 0.254 e. The van der Waals surface area contributed by atoms with Gasteiger partial charge in [-0.3, -0.25) is 9.59 Å². The van der Waals surface area contributed by atoms with Crippen molar-refractivity contribution in [1.82, 2.24) is 9.55 Å². The SMILES string of the molecule is Cn1c(=O)cc(OCCCC(=O)Nc2cc(-c3ccccc3)ccn2)c2ccccc21. The standard InChI is InChI=1S/C25H23N3O3/c1-28-21-11-6-5-10-20(21)22(17-25(28)30)31-15-7-12-24(29)27-23-16-19(13-14-26-23)18-8-3-2-4-9-18/h2-6,8-11,13-14,16-17H,7,12,15H2,1H3,(H,26,27,29). The number of aryl methyl sites for hydroxylation is 1. The Bertz CT molecular complexity index is 1270. The quantitative estimate of drug-likeness (QED) is 0.456. The second-order valence-electron chi connectivity index (χ2n) is 7.22. The largest absolute Gasteiger partial charge is 0.493 e. The van der Waals surface area contributed by atoms with Gasteiger partial charge in [0.1, 0.15) is 11.6 Å². The van der Waals surface area contributed by atoms with Gasteiger partial charge in [0.25, 0.3) is 5.56 Å². The lowest BCUT2D eigenvalue weighted by Gasteiger charge is -2.11. The number of pyridine rings is 2. The number of nitrogens with one attached hydrogen (secondary N) is 1. The van der Waals surface area contributed by atoms with Gasteiger partial charge in [-0.25, -0.2) is 4.98 Å². The zero-order chi connectivity index (χ0) is 21.6. The van der Waals surface area contributed by atoms with E-state index in [4.69, 9.17) is 4.74 Å². The van der Waals surface area contributed by atoms with Crippen LogP contribution in [0.25, 0.3) is 22.0 Å². The molecule has 0 aliphatic heterocycles. The summed E-state index contributed by atoms with van der Waals surface area (Å²) in [6.45, 7) is 0.335. The van der Waals surface area contributed by atoms with Crippen molar-refractivity contribution in [3.63, 3.8) is 0 Å². The van der Waals surface area contributed by atoms with Gasteiger partial charge in [0.2, 0.25) is 5.91 Å². The van der Waals surface area contributed by atoms with Crippen LogP contribution in [-0.2, 0) is 11.8 Å². The number of carbonyl (C=O) groups excluding carboxylic acids is 1. The summed E-state index contributed by atoms with van der Waals surface area (Å²) in [4.78, 5) is 28.7. The van der Waals surface area contributed by atoms with Crippen LogP contribution < -0.4 is 15.6 Å². The number of fused-ring (bicyclic) bond motifs is 1. The zero-order valence-corrected chi connectivity index (χ0v) is 17.2. The van der Waals surface area contributed by atoms with Crippen molar-refractivity contribution < 1.29 is 9.53 Å². The van der Waals surface area contributed by atoms with Crippen LogP contribution >= 0.6 is 0 Å². The summed E-state index contributed by atoms with van der Waals surface area (Å²) in [6, 6.07) is 22.8. The highest BCUT2D eigenvalue weighted by Gasteiger charge is 2.09. The van der Waals surface area contributed by atoms with Gasteiger partial charge in [0.05, 0.1) is 12.1 Å². The highest BCUT2D eigenvalue weighted by Crippen LogP contribution is 2.23. The molecule has 0 radical (unpaired) electrons. The Labute approximate surface area is 180 Å². The van der Waals surface area contributed by atoms with Gasteiger partial charge in [-0.05, 0) is 41.8 Å². The summed E-state index contributed by atoms with van der Waals surface area (Å²) in [5.41, 5.74) is 2.74. The van der Waals surface area contributed by atoms with E-state index in [1.54, 1.807) is 17.8 Å². The third-order valence-corrected chi connectivity index (χ3v) is 5.06. The second-order valence-corrected chi connectivity index (χ2v) is 7.22. The molecule has 0 bridgehead atoms. The van der Waals surface area contributed by atoms with Crippen molar-refractivity contribution in [2.24, 2.45) is 7.05 Å². The fourth-order valence-electron chi connectivity index (χ4n) is 3.43. The van der Waals surface area contributed by atoms with Crippen LogP contribution in [0.3, 0.4) is 0 Å². The molecule has 2 heterocycles. The molecular formula is C25H23N3O3. The molecule has 0 saturated heterocycles. The van der Waals surface area contributed by atoms with Crippen molar-refractivity contribution >= 4 is 22.6 Å². The van der Waals surface area contributed by atoms with Crippen LogP contribution in [0.5, 0.6) is 5.75 Å². The first-order valence-electron chi connectivity index (χ1n) is 10.1. The minimum Gasteiger partial charge on any atom is -0.493 e. The van der Waals surface area contributed by atoms with Crippen molar-refractivity contribution in [3.05, 3.63) is 89.3 Å². The fourth-order valence-corrected chi connectivity index (χ4v) is 3.43. The van der Waals surface area contributed by atoms with Crippen molar-refractivity contribution in [3.8, 4) is 16.9 Å². The van der Waals surface area contributed by atoms with E-state index in [1.165, 1.54) is 6.07 Å². The Balaban J connectivity index is 1.33. The molecule has 0 aliphatic rings. The van der Waals surface area contributed by atoms with Crippen LogP contribution in [0.2, 0.25) is 0 Å². The number of carbonyl (C=O) groups is 1. The monoisotopic (exact) mass is 413 g/mol. The minimum absolute atomic E-state index is 0.129. The van der Waals surface area contributed by atoms with E-state index in [0.29, 0.717) is 31.0 Å². The van der Waals surface area contributed by atoms with E-state index >= 15 is 0 Å². The van der Waals surface area contributed by atoms with Crippen molar-refractivity contribution in [2.45, 2.75) is 12.8 Å². The number of benzene rings is 2. The third kappa shape index (κ3) is 4.80. The van der Waals surface area contributed by atoms with Crippen LogP contribution in [0.15, 0.2) is 83.8 Å². The first kappa shape index (κ1) is 20.3. The molecular weight excluding hydrogens is 390 g/mol. The van der Waals surface area contributed by atoms with Gasteiger partial charge in [0.15, 0.2) is 0 Å². The predicted octanol–water partition coefficient (Wildman–Crippen LogP) is 4.40. The summed E-state index contributed by atoms with van der Waals surface area (Å²) in [5.74, 6) is 0.927. The van der Waals surface area contributed by atoms with Gasteiger partial charge in [0, 0.05) is 31.1 Å². The molecule has 0 spiro atoms. The first-order chi connectivity index (χ1) is 15.1. The number of amides is 1. The Morgan fingerprint density at radius 1 is 1.00 bits per heavy atom. The van der Waals surface area contributed by atoms with Gasteiger partial charge in [-0.2, -0.15) is 0 Å². The third-order valence-electron chi connectivity index (χ3n) is 5.06. The Morgan fingerprint density at radius 2 is 1.77 bits per heavy atom. The molecule has 0 fully saturated rings. The topological polar surface area (TPSA) is 73.2 Å². The van der Waals surface area contributed by atoms with E-state index < -0.39 is 0 Å². The molecule has 4 aromatic rings. The van der Waals surface area contributed by atoms with Crippen LogP contribution in [-0.4, -0.2) is 22.1 Å². The number of para-hydroxylation sites is 1. The number of aromatic nitrogens is 2. The van der Waals surface area contributed by atoms with Crippen molar-refractivity contribution in [2.75, 3.05) is 11.9 Å². The van der Waals surface area contributed by atoms with Gasteiger partial charge in [-0.1, -0.05) is 42.5 Å². The minimum atomic E-state index is -0.129. The average Bonchev–Trinajstić information content (AvgIpc) is 2.80. The predicted molar refractivity (Wildman–Crippen MR) is 122 cm³/mol. The molecule has 2 aromatic heterocycles. The maximum absolute atomic E-state index is 12.3. The fraction of sp³-hybridized carbons (Fsp3) is 0.160. The highest BCUT2D eigenvalue weighted by atomic mass is 16.5. The molecule has 31 heavy (non-hydrogen) atoms. The molecule has 0 aliphatic carbocycles. The zero-order valence-electron chi connectivity index (χ0n) is 17.2. The molecule has 0 atom stereocenters. The summed E-state index contributed by atoms with van der Waals surface area (Å²) < 4.78 is 7.41. The van der Waals surface area contributed by atoms with E-state index in [1.807, 2.05) is 66.7 Å². The van der Waals surface area contributed by atoms with Gasteiger partial charge >= 0.3 is 0 Å². The number of anilines is 1. The average molecular weight is 413 g/mol. The van der Waals surface area contributed by atoms with E-state index in [-0.39, 0.29) is 11.5 Å². The molecule has 0 unspecified atom stereocenters. The Hall–Kier alpha value is -3.93. The normalized spacial score (nSPS) is 10.7. The molecule has 2 aromatic carbocycles. The lowest BCUT2D eigenvalue weighted by molar-refractivity contribution is -0.116. The molecule has 1 amide bonds. The molecule has 1 N–H and O–H groups in total. The van der Waals surface area contributed by atoms with Crippen LogP contribution in [0.4, 0.5) is 5.82 Å². The summed E-state index contributed by atoms with van der Waals surface area (Å²) in [6.07, 6.45) is 2.50. The van der Waals surface area contributed by atoms with E-state index in [2.05, 4.69) is 10.3 Å². The number of rotatable bonds is 7. The number of hydrogen-bond acceptors (Lipinski definition) is 4. The number of ether oxygens (including phenoxy) is 1. The summed E-state index contributed by atoms with van der Waals surface area (Å²) in [5, 5.41) is 3.71. The first-order valence-corrected chi connectivity index (χ1v) is 10.1. The molecule has 6 nitrogen and oxygen atoms in total. The van der Waals surface area contributed by atoms with Gasteiger partial charge in [-0.15, -0.1) is 0 Å². The van der Waals surface area contributed by atoms with Crippen LogP contribution in [0, 0.1) is 0 Å². The molecule has 6 heteroatoms. The van der Waals surface area contributed by atoms with Crippen molar-refractivity contribution in [1.29, 1.82) is 0 Å². The Morgan fingerprint density at radius 3 is 2.61 bits per heavy atom. The van der Waals surface area contributed by atoms with Crippen LogP contribution in [0.1, 0.15) is 12.8 Å². The lowest BCUT2D eigenvalue weighted by Crippen LogP contribution is -2.17. The Kier molecular flexibility index (Phi) is 6.08. The van der Waals surface area contributed by atoms with E-state index in [0.717, 1.165) is 22.0 Å². The summed E-state index contributed by atoms with van der Waals surface area (Å²) >= 11 is 0. The molecule has 4 rings (SSSR count). The second kappa shape index (κ2) is 9.26. The summed E-state index contributed by atoms with van der Waals surface area (Å²) in [7, 11) is 1.74. The van der Waals surface area contributed by atoms with Gasteiger partial charge < -0.3 is 14.6 Å². The molecule has 0 saturated carbocycles. The smallest absolute Gasteiger partial charge is 0.254 e. The highest BCUT2D eigenvalue weighted by molar-refractivity contribution is 5.90. The lowest BCUT2D eigenvalue weighted by atomic mass is 10.1. The number of hydrogen-bond donors (Lipinski definition) is 1. The maximum atomic E-state index is 12.3.